The zero-order valence-corrected chi connectivity index (χ0v) is 14.2. The van der Waals surface area contributed by atoms with Crippen LogP contribution >= 0.6 is 23.2 Å². The Labute approximate surface area is 139 Å². The number of fused-ring (bicyclic) bond motifs is 1. The van der Waals surface area contributed by atoms with Crippen molar-refractivity contribution in [2.75, 3.05) is 11.9 Å². The summed E-state index contributed by atoms with van der Waals surface area (Å²) < 4.78 is 0. The molecule has 0 saturated carbocycles. The second-order valence-electron chi connectivity index (χ2n) is 6.25. The van der Waals surface area contributed by atoms with Gasteiger partial charge in [-0.25, -0.2) is 0 Å². The van der Waals surface area contributed by atoms with E-state index in [4.69, 9.17) is 23.2 Å². The van der Waals surface area contributed by atoms with Crippen molar-refractivity contribution in [3.8, 4) is 0 Å². The minimum atomic E-state index is -0.262. The fourth-order valence-electron chi connectivity index (χ4n) is 3.12. The maximum atomic E-state index is 12.7. The quantitative estimate of drug-likeness (QED) is 0.891. The molecule has 4 nitrogen and oxygen atoms in total. The number of nitrogens with one attached hydrogen (secondary N) is 1. The van der Waals surface area contributed by atoms with Gasteiger partial charge in [-0.2, -0.15) is 5.10 Å². The molecule has 22 heavy (non-hydrogen) atoms. The molecule has 116 valence electrons. The highest BCUT2D eigenvalue weighted by Gasteiger charge is 2.33. The Bertz CT molecular complexity index is 732. The van der Waals surface area contributed by atoms with Crippen LogP contribution in [0.25, 0.3) is 0 Å². The molecule has 1 aliphatic rings. The van der Waals surface area contributed by atoms with E-state index >= 15 is 0 Å². The topological polar surface area (TPSA) is 49.0 Å². The Kier molecular flexibility index (Phi) is 3.69. The molecule has 1 aromatic heterocycles. The molecular formula is C16H17Cl2N3O. The highest BCUT2D eigenvalue weighted by atomic mass is 35.5. The SMILES string of the molecule is CN(C(=O)c1c(Cl)n[nH]c1Cl)c1cccc2c1CCC2(C)C. The number of hydrogen-bond acceptors (Lipinski definition) is 2. The molecule has 0 unspecified atom stereocenters. The van der Waals surface area contributed by atoms with Gasteiger partial charge in [-0.15, -0.1) is 0 Å². The number of carbonyl (C=O) groups is 1. The summed E-state index contributed by atoms with van der Waals surface area (Å²) in [4.78, 5) is 14.3. The number of carbonyl (C=O) groups excluding carboxylic acids is 1. The first-order valence-electron chi connectivity index (χ1n) is 7.12. The summed E-state index contributed by atoms with van der Waals surface area (Å²) in [6.45, 7) is 4.46. The van der Waals surface area contributed by atoms with Gasteiger partial charge >= 0.3 is 0 Å². The van der Waals surface area contributed by atoms with Crippen molar-refractivity contribution in [1.29, 1.82) is 0 Å². The Morgan fingerprint density at radius 2 is 2.09 bits per heavy atom. The lowest BCUT2D eigenvalue weighted by Crippen LogP contribution is -2.27. The van der Waals surface area contributed by atoms with E-state index in [2.05, 4.69) is 30.1 Å². The van der Waals surface area contributed by atoms with Gasteiger partial charge < -0.3 is 4.90 Å². The molecule has 1 aliphatic carbocycles. The van der Waals surface area contributed by atoms with Crippen molar-refractivity contribution < 1.29 is 4.79 Å². The minimum absolute atomic E-state index is 0.0924. The normalized spacial score (nSPS) is 15.7. The smallest absolute Gasteiger partial charge is 0.264 e. The number of amides is 1. The number of anilines is 1. The van der Waals surface area contributed by atoms with Crippen molar-refractivity contribution in [2.24, 2.45) is 0 Å². The van der Waals surface area contributed by atoms with Gasteiger partial charge in [0, 0.05) is 12.7 Å². The van der Waals surface area contributed by atoms with Crippen LogP contribution in [0.5, 0.6) is 0 Å². The maximum absolute atomic E-state index is 12.7. The van der Waals surface area contributed by atoms with Gasteiger partial charge in [-0.1, -0.05) is 49.2 Å². The Hall–Kier alpha value is -1.52. The van der Waals surface area contributed by atoms with Crippen LogP contribution < -0.4 is 4.90 Å². The van der Waals surface area contributed by atoms with Crippen molar-refractivity contribution in [3.05, 3.63) is 45.2 Å². The number of rotatable bonds is 2. The summed E-state index contributed by atoms with van der Waals surface area (Å²) in [5, 5.41) is 6.55. The summed E-state index contributed by atoms with van der Waals surface area (Å²) in [7, 11) is 1.74. The number of aromatic amines is 1. The predicted octanol–water partition coefficient (Wildman–Crippen LogP) is 4.22. The third-order valence-corrected chi connectivity index (χ3v) is 4.99. The van der Waals surface area contributed by atoms with Crippen LogP contribution in [0.3, 0.4) is 0 Å². The molecule has 0 bridgehead atoms. The average Bonchev–Trinajstić information content (AvgIpc) is 2.97. The lowest BCUT2D eigenvalue weighted by atomic mass is 9.86. The van der Waals surface area contributed by atoms with E-state index in [-0.39, 0.29) is 27.2 Å². The monoisotopic (exact) mass is 337 g/mol. The molecule has 2 aromatic rings. The van der Waals surface area contributed by atoms with Gasteiger partial charge in [-0.3, -0.25) is 9.89 Å². The number of halogens is 2. The molecule has 1 amide bonds. The molecule has 0 atom stereocenters. The van der Waals surface area contributed by atoms with E-state index in [1.807, 2.05) is 12.1 Å². The number of aromatic nitrogens is 2. The van der Waals surface area contributed by atoms with Gasteiger partial charge in [0.15, 0.2) is 5.15 Å². The van der Waals surface area contributed by atoms with Crippen molar-refractivity contribution in [2.45, 2.75) is 32.1 Å². The van der Waals surface area contributed by atoms with Crippen molar-refractivity contribution in [3.63, 3.8) is 0 Å². The maximum Gasteiger partial charge on any atom is 0.264 e. The number of hydrogen-bond donors (Lipinski definition) is 1. The largest absolute Gasteiger partial charge is 0.311 e. The van der Waals surface area contributed by atoms with E-state index < -0.39 is 0 Å². The standard InChI is InChI=1S/C16H17Cl2N3O/c1-16(2)8-7-9-10(16)5-4-6-11(9)21(3)15(22)12-13(17)19-20-14(12)18/h4-6H,7-8H2,1-3H3,(H,19,20). The Morgan fingerprint density at radius 3 is 2.73 bits per heavy atom. The van der Waals surface area contributed by atoms with Gasteiger partial charge in [0.05, 0.1) is 0 Å². The van der Waals surface area contributed by atoms with Gasteiger partial charge in [0.2, 0.25) is 0 Å². The van der Waals surface area contributed by atoms with E-state index in [0.29, 0.717) is 0 Å². The lowest BCUT2D eigenvalue weighted by Gasteiger charge is -2.23. The van der Waals surface area contributed by atoms with E-state index in [1.165, 1.54) is 11.1 Å². The lowest BCUT2D eigenvalue weighted by molar-refractivity contribution is 0.0993. The molecule has 0 spiro atoms. The summed E-state index contributed by atoms with van der Waals surface area (Å²) in [5.74, 6) is -0.262. The van der Waals surface area contributed by atoms with E-state index in [1.54, 1.807) is 11.9 Å². The second kappa shape index (κ2) is 5.28. The summed E-state index contributed by atoms with van der Waals surface area (Å²) in [5.41, 5.74) is 3.77. The van der Waals surface area contributed by atoms with Crippen molar-refractivity contribution >= 4 is 34.8 Å². The van der Waals surface area contributed by atoms with E-state index in [9.17, 15) is 4.79 Å². The van der Waals surface area contributed by atoms with Crippen LogP contribution in [0, 0.1) is 0 Å². The average molecular weight is 338 g/mol. The van der Waals surface area contributed by atoms with Gasteiger partial charge in [0.1, 0.15) is 10.7 Å². The van der Waals surface area contributed by atoms with Crippen LogP contribution in [-0.2, 0) is 11.8 Å². The zero-order chi connectivity index (χ0) is 16.1. The second-order valence-corrected chi connectivity index (χ2v) is 6.99. The third-order valence-electron chi connectivity index (χ3n) is 4.44. The van der Waals surface area contributed by atoms with Crippen LogP contribution in [-0.4, -0.2) is 23.2 Å². The van der Waals surface area contributed by atoms with Crippen LogP contribution in [0.1, 0.15) is 41.8 Å². The Morgan fingerprint density at radius 1 is 1.36 bits per heavy atom. The number of nitrogens with zero attached hydrogens (tertiary/aromatic N) is 2. The molecule has 1 N–H and O–H groups in total. The fraction of sp³-hybridized carbons (Fsp3) is 0.375. The first-order chi connectivity index (χ1) is 10.3. The van der Waals surface area contributed by atoms with Crippen LogP contribution in [0.2, 0.25) is 10.3 Å². The van der Waals surface area contributed by atoms with Gasteiger partial charge in [0.25, 0.3) is 5.91 Å². The minimum Gasteiger partial charge on any atom is -0.311 e. The van der Waals surface area contributed by atoms with E-state index in [0.717, 1.165) is 18.5 Å². The molecule has 0 saturated heterocycles. The Balaban J connectivity index is 2.03. The molecule has 0 fully saturated rings. The summed E-state index contributed by atoms with van der Waals surface area (Å²) in [6, 6.07) is 6.09. The highest BCUT2D eigenvalue weighted by Crippen LogP contribution is 2.42. The number of benzene rings is 1. The summed E-state index contributed by atoms with van der Waals surface area (Å²) >= 11 is 11.9. The molecular weight excluding hydrogens is 321 g/mol. The van der Waals surface area contributed by atoms with Crippen LogP contribution in [0.15, 0.2) is 18.2 Å². The van der Waals surface area contributed by atoms with Crippen molar-refractivity contribution in [1.82, 2.24) is 10.2 Å². The first kappa shape index (κ1) is 15.4. The molecule has 6 heteroatoms. The zero-order valence-electron chi connectivity index (χ0n) is 12.7. The van der Waals surface area contributed by atoms with Gasteiger partial charge in [-0.05, 0) is 35.4 Å². The molecule has 3 rings (SSSR count). The first-order valence-corrected chi connectivity index (χ1v) is 7.88. The third kappa shape index (κ3) is 2.31. The fourth-order valence-corrected chi connectivity index (χ4v) is 3.60. The molecule has 0 radical (unpaired) electrons. The predicted molar refractivity (Wildman–Crippen MR) is 89.1 cm³/mol. The summed E-state index contributed by atoms with van der Waals surface area (Å²) in [6.07, 6.45) is 2.04. The molecule has 1 heterocycles. The highest BCUT2D eigenvalue weighted by molar-refractivity contribution is 6.39. The molecule has 1 aromatic carbocycles. The number of H-pyrrole nitrogens is 1. The molecule has 0 aliphatic heterocycles. The van der Waals surface area contributed by atoms with Crippen LogP contribution in [0.4, 0.5) is 5.69 Å².